The Morgan fingerprint density at radius 3 is 2.73 bits per heavy atom. The molecule has 11 heavy (non-hydrogen) atoms. The van der Waals surface area contributed by atoms with Gasteiger partial charge in [-0.25, -0.2) is 4.98 Å². The van der Waals surface area contributed by atoms with E-state index in [1.54, 1.807) is 0 Å². The minimum atomic E-state index is 0.472. The molecule has 0 atom stereocenters. The first-order chi connectivity index (χ1) is 5.24. The molecule has 0 spiro atoms. The van der Waals surface area contributed by atoms with E-state index in [0.717, 1.165) is 11.5 Å². The fraction of sp³-hybridized carbons (Fsp3) is 0.500. The molecule has 0 bridgehead atoms. The molecule has 0 amide bonds. The van der Waals surface area contributed by atoms with Crippen LogP contribution in [0.2, 0.25) is 0 Å². The minimum absolute atomic E-state index is 0.472. The Hall–Kier alpha value is -1.30. The Kier molecular flexibility index (Phi) is 2.27. The molecule has 0 aromatic carbocycles. The molecule has 0 saturated heterocycles. The van der Waals surface area contributed by atoms with E-state index in [-0.39, 0.29) is 0 Å². The fourth-order valence-corrected chi connectivity index (χ4v) is 0.809. The van der Waals surface area contributed by atoms with Crippen molar-refractivity contribution in [1.82, 2.24) is 4.98 Å². The Bertz CT molecular complexity index is 263. The van der Waals surface area contributed by atoms with Crippen LogP contribution in [-0.2, 0) is 6.42 Å². The van der Waals surface area contributed by atoms with Crippen molar-refractivity contribution in [2.24, 2.45) is 0 Å². The number of hydrogen-bond acceptors (Lipinski definition) is 3. The van der Waals surface area contributed by atoms with Gasteiger partial charge in [-0.05, 0) is 13.8 Å². The van der Waals surface area contributed by atoms with Gasteiger partial charge in [0.2, 0.25) is 0 Å². The Labute approximate surface area is 65.7 Å². The molecule has 0 fully saturated rings. The van der Waals surface area contributed by atoms with E-state index in [1.807, 2.05) is 19.9 Å². The van der Waals surface area contributed by atoms with Crippen LogP contribution in [0.5, 0.6) is 0 Å². The van der Waals surface area contributed by atoms with Gasteiger partial charge in [0.25, 0.3) is 0 Å². The highest BCUT2D eigenvalue weighted by Gasteiger charge is 2.03. The molecule has 0 saturated carbocycles. The predicted molar refractivity (Wildman–Crippen MR) is 39.9 cm³/mol. The molecule has 1 heterocycles. The standard InChI is InChI=1S/C8H10N2O/c1-6-7(2)11-8(10-6)4-3-5-9/h3-4H2,1-2H3. The van der Waals surface area contributed by atoms with Gasteiger partial charge in [0.15, 0.2) is 5.89 Å². The zero-order valence-electron chi connectivity index (χ0n) is 6.72. The van der Waals surface area contributed by atoms with Gasteiger partial charge in [0, 0.05) is 12.8 Å². The zero-order chi connectivity index (χ0) is 8.27. The topological polar surface area (TPSA) is 49.8 Å². The van der Waals surface area contributed by atoms with E-state index in [1.165, 1.54) is 0 Å². The number of nitriles is 1. The highest BCUT2D eigenvalue weighted by Crippen LogP contribution is 2.09. The summed E-state index contributed by atoms with van der Waals surface area (Å²) in [4.78, 5) is 4.13. The molecular weight excluding hydrogens is 140 g/mol. The van der Waals surface area contributed by atoms with Crippen molar-refractivity contribution in [2.75, 3.05) is 0 Å². The molecular formula is C8H10N2O. The lowest BCUT2D eigenvalue weighted by molar-refractivity contribution is 0.471. The van der Waals surface area contributed by atoms with Crippen LogP contribution in [0.15, 0.2) is 4.42 Å². The van der Waals surface area contributed by atoms with E-state index in [0.29, 0.717) is 18.7 Å². The summed E-state index contributed by atoms with van der Waals surface area (Å²) >= 11 is 0. The van der Waals surface area contributed by atoms with E-state index < -0.39 is 0 Å². The second-order valence-corrected chi connectivity index (χ2v) is 2.41. The molecule has 0 aliphatic heterocycles. The van der Waals surface area contributed by atoms with Gasteiger partial charge < -0.3 is 4.42 Å². The van der Waals surface area contributed by atoms with Gasteiger partial charge in [-0.1, -0.05) is 0 Å². The summed E-state index contributed by atoms with van der Waals surface area (Å²) in [5.74, 6) is 1.51. The number of aromatic nitrogens is 1. The summed E-state index contributed by atoms with van der Waals surface area (Å²) in [5, 5.41) is 8.28. The van der Waals surface area contributed by atoms with Gasteiger partial charge in [0.1, 0.15) is 5.76 Å². The molecule has 0 radical (unpaired) electrons. The Morgan fingerprint density at radius 1 is 1.55 bits per heavy atom. The van der Waals surface area contributed by atoms with Gasteiger partial charge in [-0.2, -0.15) is 5.26 Å². The normalized spacial score (nSPS) is 9.55. The van der Waals surface area contributed by atoms with Crippen molar-refractivity contribution in [3.05, 3.63) is 17.3 Å². The SMILES string of the molecule is Cc1nc(CCC#N)oc1C. The lowest BCUT2D eigenvalue weighted by Gasteiger charge is -1.84. The summed E-state index contributed by atoms with van der Waals surface area (Å²) < 4.78 is 5.25. The summed E-state index contributed by atoms with van der Waals surface area (Å²) in [7, 11) is 0. The first-order valence-electron chi connectivity index (χ1n) is 3.54. The van der Waals surface area contributed by atoms with E-state index in [4.69, 9.17) is 9.68 Å². The summed E-state index contributed by atoms with van der Waals surface area (Å²) in [6.45, 7) is 3.77. The summed E-state index contributed by atoms with van der Waals surface area (Å²) in [5.41, 5.74) is 0.915. The van der Waals surface area contributed by atoms with Crippen LogP contribution in [-0.4, -0.2) is 4.98 Å². The average molecular weight is 150 g/mol. The Morgan fingerprint density at radius 2 is 2.27 bits per heavy atom. The van der Waals surface area contributed by atoms with Crippen molar-refractivity contribution in [3.63, 3.8) is 0 Å². The Balaban J connectivity index is 2.67. The van der Waals surface area contributed by atoms with Crippen LogP contribution in [0.25, 0.3) is 0 Å². The number of nitrogens with zero attached hydrogens (tertiary/aromatic N) is 2. The van der Waals surface area contributed by atoms with Crippen molar-refractivity contribution in [2.45, 2.75) is 26.7 Å². The number of rotatable bonds is 2. The van der Waals surface area contributed by atoms with Crippen LogP contribution in [0.4, 0.5) is 0 Å². The summed E-state index contributed by atoms with van der Waals surface area (Å²) in [6, 6.07) is 2.04. The van der Waals surface area contributed by atoms with Crippen LogP contribution >= 0.6 is 0 Å². The van der Waals surface area contributed by atoms with Gasteiger partial charge >= 0.3 is 0 Å². The third-order valence-corrected chi connectivity index (χ3v) is 1.52. The molecule has 1 rings (SSSR count). The maximum absolute atomic E-state index is 8.28. The molecule has 0 N–H and O–H groups in total. The molecule has 0 aliphatic carbocycles. The maximum atomic E-state index is 8.28. The predicted octanol–water partition coefficient (Wildman–Crippen LogP) is 1.75. The molecule has 3 heteroatoms. The van der Waals surface area contributed by atoms with Crippen molar-refractivity contribution < 1.29 is 4.42 Å². The molecule has 0 unspecified atom stereocenters. The smallest absolute Gasteiger partial charge is 0.195 e. The first-order valence-corrected chi connectivity index (χ1v) is 3.54. The second-order valence-electron chi connectivity index (χ2n) is 2.41. The van der Waals surface area contributed by atoms with Crippen LogP contribution in [0, 0.1) is 25.2 Å². The van der Waals surface area contributed by atoms with E-state index in [2.05, 4.69) is 4.98 Å². The number of hydrogen-bond donors (Lipinski definition) is 0. The number of aryl methyl sites for hydroxylation is 3. The minimum Gasteiger partial charge on any atom is -0.446 e. The molecule has 58 valence electrons. The molecule has 0 aliphatic rings. The van der Waals surface area contributed by atoms with Crippen LogP contribution < -0.4 is 0 Å². The van der Waals surface area contributed by atoms with Crippen LogP contribution in [0.1, 0.15) is 23.8 Å². The average Bonchev–Trinajstić information content (AvgIpc) is 2.28. The largest absolute Gasteiger partial charge is 0.446 e. The van der Waals surface area contributed by atoms with E-state index >= 15 is 0 Å². The highest BCUT2D eigenvalue weighted by molar-refractivity contribution is 5.05. The monoisotopic (exact) mass is 150 g/mol. The second kappa shape index (κ2) is 3.20. The van der Waals surface area contributed by atoms with Gasteiger partial charge in [-0.3, -0.25) is 0 Å². The van der Waals surface area contributed by atoms with Gasteiger partial charge in [-0.15, -0.1) is 0 Å². The lowest BCUT2D eigenvalue weighted by atomic mass is 10.3. The quantitative estimate of drug-likeness (QED) is 0.645. The lowest BCUT2D eigenvalue weighted by Crippen LogP contribution is -1.82. The molecule has 1 aromatic heterocycles. The maximum Gasteiger partial charge on any atom is 0.195 e. The van der Waals surface area contributed by atoms with Crippen molar-refractivity contribution >= 4 is 0 Å². The zero-order valence-corrected chi connectivity index (χ0v) is 6.72. The molecule has 1 aromatic rings. The third-order valence-electron chi connectivity index (χ3n) is 1.52. The van der Waals surface area contributed by atoms with E-state index in [9.17, 15) is 0 Å². The third kappa shape index (κ3) is 1.81. The summed E-state index contributed by atoms with van der Waals surface area (Å²) in [6.07, 6.45) is 1.09. The highest BCUT2D eigenvalue weighted by atomic mass is 16.4. The fourth-order valence-electron chi connectivity index (χ4n) is 0.809. The van der Waals surface area contributed by atoms with Crippen LogP contribution in [0.3, 0.4) is 0 Å². The first kappa shape index (κ1) is 7.80. The van der Waals surface area contributed by atoms with Gasteiger partial charge in [0.05, 0.1) is 11.8 Å². The van der Waals surface area contributed by atoms with Crippen molar-refractivity contribution in [3.8, 4) is 6.07 Å². The molecule has 3 nitrogen and oxygen atoms in total. The van der Waals surface area contributed by atoms with Crippen molar-refractivity contribution in [1.29, 1.82) is 5.26 Å². The number of oxazole rings is 1.